The quantitative estimate of drug-likeness (QED) is 0.542. The molecule has 2 nitrogen and oxygen atoms in total. The molecule has 2 heteroatoms. The topological polar surface area (TPSA) is 21.6 Å². The van der Waals surface area contributed by atoms with Crippen LogP contribution in [0.3, 0.4) is 0 Å². The SMILES string of the molecule is C=C.C=Nc1cc(CCC)ccc1OC.CC. The minimum Gasteiger partial charge on any atom is -0.494 e. The maximum absolute atomic E-state index is 5.14. The first-order valence-electron chi connectivity index (χ1n) is 5.95. The fourth-order valence-electron chi connectivity index (χ4n) is 1.30. The number of nitrogens with zero attached hydrogens (tertiary/aromatic N) is 1. The normalized spacial score (nSPS) is 8.00. The molecular formula is C15H25NO. The molecule has 0 amide bonds. The van der Waals surface area contributed by atoms with E-state index < -0.39 is 0 Å². The van der Waals surface area contributed by atoms with Crippen LogP contribution in [0.5, 0.6) is 5.75 Å². The van der Waals surface area contributed by atoms with Gasteiger partial charge in [-0.25, -0.2) is 0 Å². The lowest BCUT2D eigenvalue weighted by atomic mass is 10.1. The van der Waals surface area contributed by atoms with Gasteiger partial charge in [0.25, 0.3) is 0 Å². The van der Waals surface area contributed by atoms with Crippen LogP contribution in [0.2, 0.25) is 0 Å². The number of methoxy groups -OCH3 is 1. The molecule has 0 saturated heterocycles. The summed E-state index contributed by atoms with van der Waals surface area (Å²) in [6, 6.07) is 6.03. The Hall–Kier alpha value is -1.57. The second-order valence-corrected chi connectivity index (χ2v) is 2.91. The Balaban J connectivity index is 0. The third kappa shape index (κ3) is 6.56. The van der Waals surface area contributed by atoms with Gasteiger partial charge in [-0.05, 0) is 30.8 Å². The zero-order valence-electron chi connectivity index (χ0n) is 11.6. The minimum absolute atomic E-state index is 0.787. The van der Waals surface area contributed by atoms with E-state index >= 15 is 0 Å². The third-order valence-corrected chi connectivity index (χ3v) is 1.95. The van der Waals surface area contributed by atoms with E-state index in [1.54, 1.807) is 7.11 Å². The van der Waals surface area contributed by atoms with Crippen LogP contribution in [0, 0.1) is 0 Å². The van der Waals surface area contributed by atoms with E-state index in [0.29, 0.717) is 0 Å². The molecule has 1 aromatic carbocycles. The Morgan fingerprint density at radius 3 is 2.24 bits per heavy atom. The molecule has 0 aliphatic heterocycles. The molecule has 0 unspecified atom stereocenters. The molecule has 0 radical (unpaired) electrons. The predicted octanol–water partition coefficient (Wildman–Crippen LogP) is 4.81. The van der Waals surface area contributed by atoms with Crippen LogP contribution in [-0.2, 0) is 6.42 Å². The van der Waals surface area contributed by atoms with Gasteiger partial charge in [-0.1, -0.05) is 33.3 Å². The highest BCUT2D eigenvalue weighted by Gasteiger charge is 2.01. The summed E-state index contributed by atoms with van der Waals surface area (Å²) in [7, 11) is 1.64. The van der Waals surface area contributed by atoms with E-state index in [0.717, 1.165) is 24.3 Å². The average molecular weight is 235 g/mol. The van der Waals surface area contributed by atoms with Gasteiger partial charge in [0, 0.05) is 0 Å². The molecule has 0 heterocycles. The lowest BCUT2D eigenvalue weighted by molar-refractivity contribution is 0.416. The molecule has 0 saturated carbocycles. The molecule has 1 aromatic rings. The summed E-state index contributed by atoms with van der Waals surface area (Å²) in [5.74, 6) is 0.787. The van der Waals surface area contributed by atoms with Crippen molar-refractivity contribution >= 4 is 12.4 Å². The third-order valence-electron chi connectivity index (χ3n) is 1.95. The van der Waals surface area contributed by atoms with E-state index in [2.05, 4.69) is 37.9 Å². The van der Waals surface area contributed by atoms with Crippen LogP contribution in [0.1, 0.15) is 32.8 Å². The zero-order valence-corrected chi connectivity index (χ0v) is 11.6. The fraction of sp³-hybridized carbons (Fsp3) is 0.400. The standard InChI is InChI=1S/C11H15NO.C2H6.C2H4/c1-4-5-9-6-7-11(13-3)10(8-9)12-2;2*1-2/h6-8H,2,4-5H2,1,3H3;1-2H3;1-2H2. The monoisotopic (exact) mass is 235 g/mol. The Kier molecular flexibility index (Phi) is 13.1. The lowest BCUT2D eigenvalue weighted by Crippen LogP contribution is -1.86. The Morgan fingerprint density at radius 1 is 1.24 bits per heavy atom. The van der Waals surface area contributed by atoms with Gasteiger partial charge in [0.1, 0.15) is 11.4 Å². The lowest BCUT2D eigenvalue weighted by Gasteiger charge is -2.05. The van der Waals surface area contributed by atoms with E-state index in [1.807, 2.05) is 26.0 Å². The van der Waals surface area contributed by atoms with E-state index in [-0.39, 0.29) is 0 Å². The van der Waals surface area contributed by atoms with Crippen LogP contribution in [0.15, 0.2) is 36.3 Å². The van der Waals surface area contributed by atoms with Gasteiger partial charge in [-0.2, -0.15) is 0 Å². The zero-order chi connectivity index (χ0) is 13.7. The van der Waals surface area contributed by atoms with E-state index in [4.69, 9.17) is 4.74 Å². The van der Waals surface area contributed by atoms with E-state index in [1.165, 1.54) is 5.56 Å². The first-order chi connectivity index (χ1) is 8.31. The van der Waals surface area contributed by atoms with Crippen LogP contribution in [0.4, 0.5) is 5.69 Å². The summed E-state index contributed by atoms with van der Waals surface area (Å²) in [5, 5.41) is 0. The first-order valence-corrected chi connectivity index (χ1v) is 5.95. The molecule has 0 aromatic heterocycles. The smallest absolute Gasteiger partial charge is 0.144 e. The van der Waals surface area contributed by atoms with Crippen molar-refractivity contribution in [2.75, 3.05) is 7.11 Å². The molecule has 0 aliphatic rings. The highest BCUT2D eigenvalue weighted by atomic mass is 16.5. The Morgan fingerprint density at radius 2 is 1.82 bits per heavy atom. The van der Waals surface area contributed by atoms with Crippen LogP contribution in [0.25, 0.3) is 0 Å². The van der Waals surface area contributed by atoms with Crippen molar-refractivity contribution in [3.8, 4) is 5.75 Å². The molecule has 96 valence electrons. The molecule has 0 aliphatic carbocycles. The van der Waals surface area contributed by atoms with Crippen molar-refractivity contribution in [2.45, 2.75) is 33.6 Å². The number of benzene rings is 1. The summed E-state index contributed by atoms with van der Waals surface area (Å²) >= 11 is 0. The first kappa shape index (κ1) is 17.8. The summed E-state index contributed by atoms with van der Waals surface area (Å²) in [6.45, 7) is 15.7. The van der Waals surface area contributed by atoms with Gasteiger partial charge in [0.05, 0.1) is 7.11 Å². The summed E-state index contributed by atoms with van der Waals surface area (Å²) in [5.41, 5.74) is 2.11. The number of ether oxygens (including phenoxy) is 1. The molecule has 0 fully saturated rings. The Labute approximate surface area is 106 Å². The highest BCUT2D eigenvalue weighted by molar-refractivity contribution is 5.57. The highest BCUT2D eigenvalue weighted by Crippen LogP contribution is 2.28. The van der Waals surface area contributed by atoms with Crippen molar-refractivity contribution in [2.24, 2.45) is 4.99 Å². The summed E-state index contributed by atoms with van der Waals surface area (Å²) in [4.78, 5) is 3.91. The van der Waals surface area contributed by atoms with Crippen LogP contribution in [-0.4, -0.2) is 13.8 Å². The molecule has 17 heavy (non-hydrogen) atoms. The van der Waals surface area contributed by atoms with Gasteiger partial charge >= 0.3 is 0 Å². The van der Waals surface area contributed by atoms with Crippen molar-refractivity contribution < 1.29 is 4.74 Å². The van der Waals surface area contributed by atoms with Crippen molar-refractivity contribution in [3.63, 3.8) is 0 Å². The second-order valence-electron chi connectivity index (χ2n) is 2.91. The molecule has 1 rings (SSSR count). The van der Waals surface area contributed by atoms with E-state index in [9.17, 15) is 0 Å². The van der Waals surface area contributed by atoms with Crippen molar-refractivity contribution in [1.82, 2.24) is 0 Å². The van der Waals surface area contributed by atoms with Crippen molar-refractivity contribution in [1.29, 1.82) is 0 Å². The predicted molar refractivity (Wildman–Crippen MR) is 78.8 cm³/mol. The molecule has 0 bridgehead atoms. The van der Waals surface area contributed by atoms with Crippen LogP contribution < -0.4 is 4.74 Å². The largest absolute Gasteiger partial charge is 0.494 e. The molecule has 0 atom stereocenters. The summed E-state index contributed by atoms with van der Waals surface area (Å²) in [6.07, 6.45) is 2.22. The fourth-order valence-corrected chi connectivity index (χ4v) is 1.30. The maximum Gasteiger partial charge on any atom is 0.144 e. The van der Waals surface area contributed by atoms with Gasteiger partial charge in [-0.3, -0.25) is 4.99 Å². The average Bonchev–Trinajstić information content (AvgIpc) is 2.43. The Bertz CT molecular complexity index is 308. The number of rotatable bonds is 4. The minimum atomic E-state index is 0.787. The number of aryl methyl sites for hydroxylation is 1. The van der Waals surface area contributed by atoms with Gasteiger partial charge in [0.2, 0.25) is 0 Å². The van der Waals surface area contributed by atoms with Crippen LogP contribution >= 0.6 is 0 Å². The van der Waals surface area contributed by atoms with Gasteiger partial charge in [-0.15, -0.1) is 13.2 Å². The molecular weight excluding hydrogens is 210 g/mol. The maximum atomic E-state index is 5.14. The summed E-state index contributed by atoms with van der Waals surface area (Å²) < 4.78 is 5.14. The number of hydrogen-bond donors (Lipinski definition) is 0. The van der Waals surface area contributed by atoms with Gasteiger partial charge < -0.3 is 4.74 Å². The van der Waals surface area contributed by atoms with Gasteiger partial charge in [0.15, 0.2) is 0 Å². The molecule has 0 spiro atoms. The van der Waals surface area contributed by atoms with Crippen molar-refractivity contribution in [3.05, 3.63) is 36.9 Å². The second kappa shape index (κ2) is 12.5. The number of hydrogen-bond acceptors (Lipinski definition) is 2. The molecule has 0 N–H and O–H groups in total. The number of aliphatic imine (C=N–C) groups is 1.